The first-order chi connectivity index (χ1) is 9.08. The van der Waals surface area contributed by atoms with Gasteiger partial charge in [-0.15, -0.1) is 0 Å². The molecule has 4 nitrogen and oxygen atoms in total. The average molecular weight is 272 g/mol. The summed E-state index contributed by atoms with van der Waals surface area (Å²) in [6.07, 6.45) is 4.10. The molecule has 0 saturated carbocycles. The monoisotopic (exact) mass is 272 g/mol. The van der Waals surface area contributed by atoms with Crippen molar-refractivity contribution in [1.29, 1.82) is 0 Å². The fourth-order valence-electron chi connectivity index (χ4n) is 2.22. The topological polar surface area (TPSA) is 41.6 Å². The van der Waals surface area contributed by atoms with Gasteiger partial charge >= 0.3 is 0 Å². The second-order valence-corrected chi connectivity index (χ2v) is 5.06. The van der Waals surface area contributed by atoms with E-state index in [2.05, 4.69) is 24.1 Å². The lowest BCUT2D eigenvalue weighted by Crippen LogP contribution is -2.39. The minimum Gasteiger partial charge on any atom is -0.375 e. The Hall–Kier alpha value is -0.610. The summed E-state index contributed by atoms with van der Waals surface area (Å²) >= 11 is 0. The van der Waals surface area contributed by atoms with Crippen molar-refractivity contribution in [2.24, 2.45) is 0 Å². The van der Waals surface area contributed by atoms with Crippen LogP contribution in [0.15, 0.2) is 0 Å². The molecule has 114 valence electrons. The SMILES string of the molecule is CC.CC(=O)NCCCN1CCC(OC(C)C)CC1. The Bertz CT molecular complexity index is 224. The summed E-state index contributed by atoms with van der Waals surface area (Å²) in [4.78, 5) is 13.2. The van der Waals surface area contributed by atoms with Gasteiger partial charge in [0.2, 0.25) is 5.91 Å². The lowest BCUT2D eigenvalue weighted by atomic mass is 10.1. The van der Waals surface area contributed by atoms with Crippen LogP contribution in [0, 0.1) is 0 Å². The summed E-state index contributed by atoms with van der Waals surface area (Å²) in [5, 5.41) is 2.83. The van der Waals surface area contributed by atoms with Gasteiger partial charge in [-0.3, -0.25) is 4.79 Å². The number of nitrogens with one attached hydrogen (secondary N) is 1. The summed E-state index contributed by atoms with van der Waals surface area (Å²) in [5.74, 6) is 0.0639. The van der Waals surface area contributed by atoms with E-state index in [0.29, 0.717) is 12.2 Å². The van der Waals surface area contributed by atoms with Crippen LogP contribution >= 0.6 is 0 Å². The number of carbonyl (C=O) groups is 1. The van der Waals surface area contributed by atoms with Crippen LogP contribution < -0.4 is 5.32 Å². The van der Waals surface area contributed by atoms with Crippen LogP contribution in [-0.4, -0.2) is 49.2 Å². The Labute approximate surface area is 118 Å². The molecule has 1 aliphatic rings. The largest absolute Gasteiger partial charge is 0.375 e. The standard InChI is InChI=1S/C13H26N2O2.C2H6/c1-11(2)17-13-5-9-15(10-6-13)8-4-7-14-12(3)16;1-2/h11,13H,4-10H2,1-3H3,(H,14,16);1-2H3. The summed E-state index contributed by atoms with van der Waals surface area (Å²) < 4.78 is 5.81. The third kappa shape index (κ3) is 9.91. The highest BCUT2D eigenvalue weighted by atomic mass is 16.5. The van der Waals surface area contributed by atoms with Gasteiger partial charge in [0, 0.05) is 26.6 Å². The quantitative estimate of drug-likeness (QED) is 0.755. The van der Waals surface area contributed by atoms with E-state index in [4.69, 9.17) is 4.74 Å². The zero-order chi connectivity index (χ0) is 14.7. The Morgan fingerprint density at radius 1 is 1.32 bits per heavy atom. The van der Waals surface area contributed by atoms with Crippen molar-refractivity contribution < 1.29 is 9.53 Å². The minimum atomic E-state index is 0.0639. The second-order valence-electron chi connectivity index (χ2n) is 5.06. The van der Waals surface area contributed by atoms with Crippen LogP contribution in [0.2, 0.25) is 0 Å². The predicted octanol–water partition coefficient (Wildman–Crippen LogP) is 2.43. The van der Waals surface area contributed by atoms with E-state index < -0.39 is 0 Å². The molecular weight excluding hydrogens is 240 g/mol. The van der Waals surface area contributed by atoms with E-state index in [1.54, 1.807) is 6.92 Å². The molecule has 0 aromatic heterocycles. The maximum atomic E-state index is 10.7. The van der Waals surface area contributed by atoms with E-state index >= 15 is 0 Å². The van der Waals surface area contributed by atoms with Gasteiger partial charge in [-0.1, -0.05) is 13.8 Å². The van der Waals surface area contributed by atoms with Crippen molar-refractivity contribution in [3.63, 3.8) is 0 Å². The second kappa shape index (κ2) is 11.2. The molecule has 1 rings (SSSR count). The maximum Gasteiger partial charge on any atom is 0.216 e. The molecule has 1 aliphatic heterocycles. The molecule has 0 aliphatic carbocycles. The summed E-state index contributed by atoms with van der Waals surface area (Å²) in [6, 6.07) is 0. The maximum absolute atomic E-state index is 10.7. The molecular formula is C15H32N2O2. The molecule has 0 bridgehead atoms. The van der Waals surface area contributed by atoms with Crippen LogP contribution in [0.1, 0.15) is 53.9 Å². The molecule has 0 unspecified atom stereocenters. The van der Waals surface area contributed by atoms with Crippen molar-refractivity contribution in [2.75, 3.05) is 26.2 Å². The first kappa shape index (κ1) is 18.4. The average Bonchev–Trinajstić information content (AvgIpc) is 2.38. The molecule has 1 N–H and O–H groups in total. The van der Waals surface area contributed by atoms with Gasteiger partial charge in [0.1, 0.15) is 0 Å². The Balaban J connectivity index is 0.00000154. The van der Waals surface area contributed by atoms with Crippen LogP contribution in [0.3, 0.4) is 0 Å². The molecule has 1 fully saturated rings. The fraction of sp³-hybridized carbons (Fsp3) is 0.933. The highest BCUT2D eigenvalue weighted by Crippen LogP contribution is 2.15. The van der Waals surface area contributed by atoms with Crippen LogP contribution in [0.25, 0.3) is 0 Å². The van der Waals surface area contributed by atoms with E-state index in [1.807, 2.05) is 13.8 Å². The number of amides is 1. The summed E-state index contributed by atoms with van der Waals surface area (Å²) in [7, 11) is 0. The van der Waals surface area contributed by atoms with Crippen molar-refractivity contribution in [3.8, 4) is 0 Å². The molecule has 1 amide bonds. The van der Waals surface area contributed by atoms with E-state index in [-0.39, 0.29) is 5.91 Å². The zero-order valence-electron chi connectivity index (χ0n) is 13.4. The van der Waals surface area contributed by atoms with Crippen LogP contribution in [0.5, 0.6) is 0 Å². The van der Waals surface area contributed by atoms with Crippen molar-refractivity contribution in [1.82, 2.24) is 10.2 Å². The highest BCUT2D eigenvalue weighted by molar-refractivity contribution is 5.72. The van der Waals surface area contributed by atoms with Crippen LogP contribution in [0.4, 0.5) is 0 Å². The summed E-state index contributed by atoms with van der Waals surface area (Å²) in [5.41, 5.74) is 0. The smallest absolute Gasteiger partial charge is 0.216 e. The predicted molar refractivity (Wildman–Crippen MR) is 80.3 cm³/mol. The van der Waals surface area contributed by atoms with Crippen molar-refractivity contribution in [3.05, 3.63) is 0 Å². The lowest BCUT2D eigenvalue weighted by molar-refractivity contribution is -0.118. The number of hydrogen-bond donors (Lipinski definition) is 1. The molecule has 4 heteroatoms. The van der Waals surface area contributed by atoms with Gasteiger partial charge in [-0.05, 0) is 39.7 Å². The molecule has 0 radical (unpaired) electrons. The number of nitrogens with zero attached hydrogens (tertiary/aromatic N) is 1. The Kier molecular flexibility index (Phi) is 10.9. The number of carbonyl (C=O) groups excluding carboxylic acids is 1. The molecule has 0 spiro atoms. The lowest BCUT2D eigenvalue weighted by Gasteiger charge is -2.32. The highest BCUT2D eigenvalue weighted by Gasteiger charge is 2.19. The van der Waals surface area contributed by atoms with E-state index in [1.165, 1.54) is 0 Å². The number of hydrogen-bond acceptors (Lipinski definition) is 3. The Morgan fingerprint density at radius 2 is 1.89 bits per heavy atom. The first-order valence-corrected chi connectivity index (χ1v) is 7.70. The zero-order valence-corrected chi connectivity index (χ0v) is 13.4. The van der Waals surface area contributed by atoms with Gasteiger partial charge in [0.25, 0.3) is 0 Å². The van der Waals surface area contributed by atoms with E-state index in [9.17, 15) is 4.79 Å². The third-order valence-corrected chi connectivity index (χ3v) is 3.02. The number of rotatable bonds is 6. The minimum absolute atomic E-state index is 0.0639. The van der Waals surface area contributed by atoms with Gasteiger partial charge in [-0.2, -0.15) is 0 Å². The Morgan fingerprint density at radius 3 is 2.37 bits per heavy atom. The van der Waals surface area contributed by atoms with Crippen LogP contribution in [-0.2, 0) is 9.53 Å². The van der Waals surface area contributed by atoms with Gasteiger partial charge in [0.15, 0.2) is 0 Å². The van der Waals surface area contributed by atoms with Gasteiger partial charge in [0.05, 0.1) is 12.2 Å². The molecule has 0 atom stereocenters. The molecule has 0 aromatic rings. The first-order valence-electron chi connectivity index (χ1n) is 7.70. The normalized spacial score (nSPS) is 16.9. The number of ether oxygens (including phenoxy) is 1. The molecule has 1 saturated heterocycles. The number of piperidine rings is 1. The van der Waals surface area contributed by atoms with Gasteiger partial charge < -0.3 is 15.0 Å². The fourth-order valence-corrected chi connectivity index (χ4v) is 2.22. The van der Waals surface area contributed by atoms with Crippen molar-refractivity contribution in [2.45, 2.75) is 66.1 Å². The van der Waals surface area contributed by atoms with Crippen molar-refractivity contribution >= 4 is 5.91 Å². The van der Waals surface area contributed by atoms with E-state index in [0.717, 1.165) is 45.4 Å². The summed E-state index contributed by atoms with van der Waals surface area (Å²) in [6.45, 7) is 13.9. The molecule has 0 aromatic carbocycles. The molecule has 1 heterocycles. The number of likely N-dealkylation sites (tertiary alicyclic amines) is 1. The molecule has 19 heavy (non-hydrogen) atoms. The third-order valence-electron chi connectivity index (χ3n) is 3.02. The van der Waals surface area contributed by atoms with Gasteiger partial charge in [-0.25, -0.2) is 0 Å².